The first-order chi connectivity index (χ1) is 7.24. The molecule has 1 rings (SSSR count). The third kappa shape index (κ3) is 4.96. The molecule has 15 heavy (non-hydrogen) atoms. The van der Waals surface area contributed by atoms with Crippen molar-refractivity contribution >= 4 is 0 Å². The van der Waals surface area contributed by atoms with Gasteiger partial charge in [-0.25, -0.2) is 5.48 Å². The van der Waals surface area contributed by atoms with Crippen LogP contribution in [0.5, 0.6) is 0 Å². The predicted molar refractivity (Wildman–Crippen MR) is 63.7 cm³/mol. The summed E-state index contributed by atoms with van der Waals surface area (Å²) < 4.78 is 0. The van der Waals surface area contributed by atoms with E-state index in [1.54, 1.807) is 0 Å². The van der Waals surface area contributed by atoms with Crippen molar-refractivity contribution in [3.8, 4) is 0 Å². The molecule has 90 valence electrons. The quantitative estimate of drug-likeness (QED) is 0.541. The summed E-state index contributed by atoms with van der Waals surface area (Å²) in [6.45, 7) is 8.02. The highest BCUT2D eigenvalue weighted by Gasteiger charge is 2.20. The van der Waals surface area contributed by atoms with Gasteiger partial charge in [-0.3, -0.25) is 0 Å². The summed E-state index contributed by atoms with van der Waals surface area (Å²) in [5.74, 6) is 0.890. The fourth-order valence-electron chi connectivity index (χ4n) is 2.35. The lowest BCUT2D eigenvalue weighted by Gasteiger charge is -2.35. The van der Waals surface area contributed by atoms with Crippen LogP contribution in [0, 0.1) is 5.92 Å². The molecule has 1 fully saturated rings. The number of piperidine rings is 1. The second kappa shape index (κ2) is 7.20. The van der Waals surface area contributed by atoms with E-state index in [1.165, 1.54) is 38.8 Å². The highest BCUT2D eigenvalue weighted by atomic mass is 16.6. The van der Waals surface area contributed by atoms with Crippen molar-refractivity contribution in [2.45, 2.75) is 45.6 Å². The van der Waals surface area contributed by atoms with E-state index >= 15 is 0 Å². The van der Waals surface area contributed by atoms with Crippen LogP contribution in [0.3, 0.4) is 0 Å². The summed E-state index contributed by atoms with van der Waals surface area (Å²) >= 11 is 0. The normalized spacial score (nSPS) is 23.6. The van der Waals surface area contributed by atoms with Crippen molar-refractivity contribution < 1.29 is 4.84 Å². The fourth-order valence-corrected chi connectivity index (χ4v) is 2.35. The Kier molecular flexibility index (Phi) is 6.22. The van der Waals surface area contributed by atoms with Gasteiger partial charge in [0.2, 0.25) is 0 Å². The minimum absolute atomic E-state index is 0.710. The van der Waals surface area contributed by atoms with E-state index in [0.29, 0.717) is 6.04 Å². The molecule has 1 atom stereocenters. The number of nitrogens with one attached hydrogen (secondary N) is 1. The summed E-state index contributed by atoms with van der Waals surface area (Å²) in [7, 11) is 1.82. The molecule has 0 radical (unpaired) electrons. The third-order valence-corrected chi connectivity index (χ3v) is 3.28. The van der Waals surface area contributed by atoms with Gasteiger partial charge in [0.1, 0.15) is 0 Å². The van der Waals surface area contributed by atoms with E-state index < -0.39 is 0 Å². The Morgan fingerprint density at radius 3 is 2.93 bits per heavy atom. The van der Waals surface area contributed by atoms with Crippen LogP contribution >= 0.6 is 0 Å². The zero-order valence-electron chi connectivity index (χ0n) is 10.5. The second-order valence-electron chi connectivity index (χ2n) is 4.79. The lowest BCUT2D eigenvalue weighted by Crippen LogP contribution is -2.40. The van der Waals surface area contributed by atoms with Gasteiger partial charge in [0, 0.05) is 19.6 Å². The lowest BCUT2D eigenvalue weighted by atomic mass is 9.93. The largest absolute Gasteiger partial charge is 0.302 e. The molecule has 3 nitrogen and oxygen atoms in total. The zero-order chi connectivity index (χ0) is 11.1. The van der Waals surface area contributed by atoms with E-state index in [2.05, 4.69) is 24.2 Å². The summed E-state index contributed by atoms with van der Waals surface area (Å²) in [5.41, 5.74) is 2.72. The highest BCUT2D eigenvalue weighted by molar-refractivity contribution is 4.75. The van der Waals surface area contributed by atoms with Gasteiger partial charge in [-0.05, 0) is 52.0 Å². The average Bonchev–Trinajstić information content (AvgIpc) is 2.25. The van der Waals surface area contributed by atoms with E-state index in [4.69, 9.17) is 4.84 Å². The number of hydrogen-bond donors (Lipinski definition) is 1. The molecule has 1 saturated heterocycles. The van der Waals surface area contributed by atoms with E-state index in [9.17, 15) is 0 Å². The molecule has 1 aliphatic heterocycles. The predicted octanol–water partition coefficient (Wildman–Crippen LogP) is 2.04. The topological polar surface area (TPSA) is 24.5 Å². The highest BCUT2D eigenvalue weighted by Crippen LogP contribution is 2.22. The SMILES string of the molecule is CNOCCCC1CCCN(C(C)C)C1. The number of rotatable bonds is 6. The van der Waals surface area contributed by atoms with Crippen LogP contribution in [0.25, 0.3) is 0 Å². The Balaban J connectivity index is 2.13. The van der Waals surface area contributed by atoms with Gasteiger partial charge in [0.25, 0.3) is 0 Å². The zero-order valence-corrected chi connectivity index (χ0v) is 10.5. The maximum absolute atomic E-state index is 5.14. The molecule has 0 bridgehead atoms. The smallest absolute Gasteiger partial charge is 0.0682 e. The first-order valence-corrected chi connectivity index (χ1v) is 6.26. The van der Waals surface area contributed by atoms with Crippen LogP contribution in [0.1, 0.15) is 39.5 Å². The average molecular weight is 214 g/mol. The van der Waals surface area contributed by atoms with Gasteiger partial charge in [0.05, 0.1) is 6.61 Å². The Morgan fingerprint density at radius 2 is 2.27 bits per heavy atom. The van der Waals surface area contributed by atoms with Gasteiger partial charge in [0.15, 0.2) is 0 Å². The summed E-state index contributed by atoms with van der Waals surface area (Å²) in [5, 5.41) is 0. The van der Waals surface area contributed by atoms with Gasteiger partial charge in [-0.2, -0.15) is 0 Å². The monoisotopic (exact) mass is 214 g/mol. The van der Waals surface area contributed by atoms with Crippen molar-refractivity contribution in [1.82, 2.24) is 10.4 Å². The molecule has 1 N–H and O–H groups in total. The van der Waals surface area contributed by atoms with Crippen LogP contribution in [-0.4, -0.2) is 37.7 Å². The van der Waals surface area contributed by atoms with Crippen molar-refractivity contribution in [1.29, 1.82) is 0 Å². The molecule has 3 heteroatoms. The van der Waals surface area contributed by atoms with Crippen LogP contribution in [0.15, 0.2) is 0 Å². The van der Waals surface area contributed by atoms with E-state index in [1.807, 2.05) is 7.05 Å². The summed E-state index contributed by atoms with van der Waals surface area (Å²) in [4.78, 5) is 7.74. The third-order valence-electron chi connectivity index (χ3n) is 3.28. The van der Waals surface area contributed by atoms with Crippen LogP contribution in [-0.2, 0) is 4.84 Å². The Hall–Kier alpha value is -0.120. The van der Waals surface area contributed by atoms with Crippen LogP contribution in [0.4, 0.5) is 0 Å². The molecule has 0 aromatic rings. The summed E-state index contributed by atoms with van der Waals surface area (Å²) in [6.07, 6.45) is 5.26. The maximum atomic E-state index is 5.14. The molecule has 1 aliphatic rings. The standard InChI is InChI=1S/C12H26N2O/c1-11(2)14-8-4-6-12(10-14)7-5-9-15-13-3/h11-13H,4-10H2,1-3H3. The molecular weight excluding hydrogens is 188 g/mol. The van der Waals surface area contributed by atoms with Crippen LogP contribution in [0.2, 0.25) is 0 Å². The number of nitrogens with zero attached hydrogens (tertiary/aromatic N) is 1. The lowest BCUT2D eigenvalue weighted by molar-refractivity contribution is 0.0490. The van der Waals surface area contributed by atoms with E-state index in [-0.39, 0.29) is 0 Å². The molecule has 0 aromatic carbocycles. The van der Waals surface area contributed by atoms with Gasteiger partial charge in [-0.1, -0.05) is 0 Å². The molecule has 0 aromatic heterocycles. The maximum Gasteiger partial charge on any atom is 0.0682 e. The summed E-state index contributed by atoms with van der Waals surface area (Å²) in [6, 6.07) is 0.710. The molecule has 0 amide bonds. The van der Waals surface area contributed by atoms with Gasteiger partial charge in [-0.15, -0.1) is 0 Å². The minimum atomic E-state index is 0.710. The fraction of sp³-hybridized carbons (Fsp3) is 1.00. The van der Waals surface area contributed by atoms with Crippen molar-refractivity contribution in [3.63, 3.8) is 0 Å². The van der Waals surface area contributed by atoms with E-state index in [0.717, 1.165) is 12.5 Å². The molecular formula is C12H26N2O. The Morgan fingerprint density at radius 1 is 1.47 bits per heavy atom. The number of likely N-dealkylation sites (tertiary alicyclic amines) is 1. The number of hydroxylamine groups is 1. The van der Waals surface area contributed by atoms with Gasteiger partial charge < -0.3 is 9.74 Å². The first-order valence-electron chi connectivity index (χ1n) is 6.26. The number of hydrogen-bond acceptors (Lipinski definition) is 3. The Bertz CT molecular complexity index is 162. The van der Waals surface area contributed by atoms with Crippen molar-refractivity contribution in [3.05, 3.63) is 0 Å². The first kappa shape index (κ1) is 12.9. The molecule has 1 unspecified atom stereocenters. The molecule has 0 saturated carbocycles. The van der Waals surface area contributed by atoms with Crippen molar-refractivity contribution in [2.24, 2.45) is 5.92 Å². The second-order valence-corrected chi connectivity index (χ2v) is 4.79. The minimum Gasteiger partial charge on any atom is -0.302 e. The molecule has 1 heterocycles. The molecule has 0 aliphatic carbocycles. The van der Waals surface area contributed by atoms with Crippen LogP contribution < -0.4 is 5.48 Å². The molecule has 0 spiro atoms. The Labute approximate surface area is 94.1 Å². The van der Waals surface area contributed by atoms with Gasteiger partial charge >= 0.3 is 0 Å². The van der Waals surface area contributed by atoms with Crippen molar-refractivity contribution in [2.75, 3.05) is 26.7 Å².